The number of hydrogen-bond donors (Lipinski definition) is 0. The molecule has 13 heavy (non-hydrogen) atoms. The fourth-order valence-electron chi connectivity index (χ4n) is 2.43. The lowest BCUT2D eigenvalue weighted by molar-refractivity contribution is 0.307. The summed E-state index contributed by atoms with van der Waals surface area (Å²) in [4.78, 5) is 0. The van der Waals surface area contributed by atoms with Crippen LogP contribution in [0.15, 0.2) is 0 Å². The molecule has 1 aliphatic carbocycles. The van der Waals surface area contributed by atoms with Crippen molar-refractivity contribution >= 4 is 10.5 Å². The Morgan fingerprint density at radius 3 is 2.92 bits per heavy atom. The Bertz CT molecular complexity index is 163. The molecule has 0 amide bonds. The van der Waals surface area contributed by atoms with E-state index in [0.717, 1.165) is 23.0 Å². The van der Waals surface area contributed by atoms with Gasteiger partial charge in [0.25, 0.3) is 0 Å². The average Bonchev–Trinajstić information content (AvgIpc) is 2.90. The molecule has 3 unspecified atom stereocenters. The maximum absolute atomic E-state index is 5.52. The fourth-order valence-corrected chi connectivity index (χ4v) is 2.72. The first-order chi connectivity index (χ1) is 6.40. The Hall–Kier alpha value is 0.137. The molecule has 0 aromatic rings. The van der Waals surface area contributed by atoms with Gasteiger partial charge in [-0.2, -0.15) is 0 Å². The summed E-state index contributed by atoms with van der Waals surface area (Å²) in [6, 6.07) is 0. The summed E-state index contributed by atoms with van der Waals surface area (Å²) in [5, 5.41) is 0. The lowest BCUT2D eigenvalue weighted by Gasteiger charge is -2.18. The Balaban J connectivity index is 1.54. The molecule has 0 radical (unpaired) electrons. The monoisotopic (exact) mass is 200 g/mol. The molecule has 0 spiro atoms. The fraction of sp³-hybridized carbons (Fsp3) is 1.00. The largest absolute Gasteiger partial charge is 0.428 e. The van der Waals surface area contributed by atoms with Gasteiger partial charge in [-0.25, -0.2) is 0 Å². The van der Waals surface area contributed by atoms with Crippen LogP contribution in [0, 0.1) is 5.92 Å². The number of rotatable bonds is 5. The third-order valence-corrected chi connectivity index (χ3v) is 3.73. The molecular weight excluding hydrogens is 180 g/mol. The zero-order valence-corrected chi connectivity index (χ0v) is 10.5. The maximum Gasteiger partial charge on any atom is 0.145 e. The van der Waals surface area contributed by atoms with Crippen LogP contribution in [-0.4, -0.2) is 29.3 Å². The Morgan fingerprint density at radius 1 is 1.23 bits per heavy atom. The van der Waals surface area contributed by atoms with Gasteiger partial charge in [0, 0.05) is 6.61 Å². The van der Waals surface area contributed by atoms with Crippen LogP contribution in [0.2, 0.25) is 0 Å². The number of epoxide rings is 1. The van der Waals surface area contributed by atoms with Crippen molar-refractivity contribution in [2.45, 2.75) is 50.7 Å². The molecule has 76 valence electrons. The molecule has 0 aromatic carbocycles. The minimum atomic E-state index is 0.661. The third-order valence-electron chi connectivity index (χ3n) is 3.32. The standard InChI is InChI=1S/C10H20O2Si/c13-11-6-2-1-3-8-4-5-9-10(7-8)12-9/h8-10H,1-7H2,13H3. The molecule has 1 heterocycles. The molecule has 0 N–H and O–H groups in total. The van der Waals surface area contributed by atoms with Crippen LogP contribution < -0.4 is 0 Å². The van der Waals surface area contributed by atoms with Gasteiger partial charge >= 0.3 is 0 Å². The highest BCUT2D eigenvalue weighted by atomic mass is 28.2. The van der Waals surface area contributed by atoms with Crippen LogP contribution in [0.25, 0.3) is 0 Å². The van der Waals surface area contributed by atoms with Crippen molar-refractivity contribution in [1.29, 1.82) is 0 Å². The van der Waals surface area contributed by atoms with Gasteiger partial charge in [0.2, 0.25) is 0 Å². The summed E-state index contributed by atoms with van der Waals surface area (Å²) in [6.07, 6.45) is 9.41. The van der Waals surface area contributed by atoms with Gasteiger partial charge in [-0.15, -0.1) is 0 Å². The zero-order chi connectivity index (χ0) is 9.10. The molecule has 0 bridgehead atoms. The van der Waals surface area contributed by atoms with E-state index < -0.39 is 0 Å². The first-order valence-corrected chi connectivity index (χ1v) is 6.36. The van der Waals surface area contributed by atoms with Crippen molar-refractivity contribution in [2.24, 2.45) is 5.92 Å². The molecule has 1 saturated heterocycles. The lowest BCUT2D eigenvalue weighted by atomic mass is 9.86. The average molecular weight is 200 g/mol. The summed E-state index contributed by atoms with van der Waals surface area (Å²) in [5.41, 5.74) is 0. The van der Waals surface area contributed by atoms with Crippen LogP contribution in [0.5, 0.6) is 0 Å². The summed E-state index contributed by atoms with van der Waals surface area (Å²) >= 11 is 0. The quantitative estimate of drug-likeness (QED) is 0.375. The van der Waals surface area contributed by atoms with E-state index in [4.69, 9.17) is 9.16 Å². The van der Waals surface area contributed by atoms with E-state index >= 15 is 0 Å². The summed E-state index contributed by atoms with van der Waals surface area (Å²) in [5.74, 6) is 0.956. The second kappa shape index (κ2) is 4.58. The van der Waals surface area contributed by atoms with E-state index in [-0.39, 0.29) is 0 Å². The summed E-state index contributed by atoms with van der Waals surface area (Å²) < 4.78 is 10.7. The predicted octanol–water partition coefficient (Wildman–Crippen LogP) is 1.02. The number of ether oxygens (including phenoxy) is 1. The second-order valence-electron chi connectivity index (χ2n) is 4.38. The van der Waals surface area contributed by atoms with E-state index in [1.807, 2.05) is 0 Å². The molecule has 1 aliphatic heterocycles. The molecule has 2 rings (SSSR count). The smallest absolute Gasteiger partial charge is 0.145 e. The van der Waals surface area contributed by atoms with E-state index in [9.17, 15) is 0 Å². The van der Waals surface area contributed by atoms with E-state index in [1.165, 1.54) is 38.5 Å². The van der Waals surface area contributed by atoms with Gasteiger partial charge in [0.05, 0.1) is 12.2 Å². The maximum atomic E-state index is 5.52. The van der Waals surface area contributed by atoms with Crippen molar-refractivity contribution < 1.29 is 9.16 Å². The normalized spacial score (nSPS) is 37.4. The van der Waals surface area contributed by atoms with Crippen molar-refractivity contribution in [1.82, 2.24) is 0 Å². The number of unbranched alkanes of at least 4 members (excludes halogenated alkanes) is 1. The van der Waals surface area contributed by atoms with E-state index in [0.29, 0.717) is 12.2 Å². The first-order valence-electron chi connectivity index (χ1n) is 5.54. The van der Waals surface area contributed by atoms with Gasteiger partial charge in [-0.1, -0.05) is 12.8 Å². The van der Waals surface area contributed by atoms with Crippen LogP contribution in [0.3, 0.4) is 0 Å². The SMILES string of the molecule is [SiH3]OCCCCC1CCC2OC2C1. The highest BCUT2D eigenvalue weighted by Crippen LogP contribution is 2.40. The highest BCUT2D eigenvalue weighted by molar-refractivity contribution is 5.97. The van der Waals surface area contributed by atoms with Crippen molar-refractivity contribution in [3.8, 4) is 0 Å². The van der Waals surface area contributed by atoms with E-state index in [1.54, 1.807) is 0 Å². The number of fused-ring (bicyclic) bond motifs is 1. The van der Waals surface area contributed by atoms with Crippen molar-refractivity contribution in [3.05, 3.63) is 0 Å². The van der Waals surface area contributed by atoms with Gasteiger partial charge in [0.15, 0.2) is 0 Å². The minimum absolute atomic E-state index is 0.661. The highest BCUT2D eigenvalue weighted by Gasteiger charge is 2.43. The predicted molar refractivity (Wildman–Crippen MR) is 55.7 cm³/mol. The molecule has 0 aromatic heterocycles. The Morgan fingerprint density at radius 2 is 2.15 bits per heavy atom. The number of hydrogen-bond acceptors (Lipinski definition) is 2. The van der Waals surface area contributed by atoms with Crippen LogP contribution in [-0.2, 0) is 9.16 Å². The van der Waals surface area contributed by atoms with Gasteiger partial charge in [-0.05, 0) is 31.6 Å². The zero-order valence-electron chi connectivity index (χ0n) is 8.50. The molecule has 3 heteroatoms. The van der Waals surface area contributed by atoms with Crippen LogP contribution in [0.1, 0.15) is 38.5 Å². The first kappa shape index (κ1) is 9.68. The third kappa shape index (κ3) is 2.79. The topological polar surface area (TPSA) is 21.8 Å². The van der Waals surface area contributed by atoms with Gasteiger partial charge in [-0.3, -0.25) is 0 Å². The Labute approximate surface area is 83.5 Å². The molecule has 2 fully saturated rings. The molecular formula is C10H20O2Si. The summed E-state index contributed by atoms with van der Waals surface area (Å²) in [7, 11) is 0.899. The van der Waals surface area contributed by atoms with Crippen LogP contribution in [0.4, 0.5) is 0 Å². The Kier molecular flexibility index (Phi) is 3.41. The molecule has 3 atom stereocenters. The molecule has 2 nitrogen and oxygen atoms in total. The van der Waals surface area contributed by atoms with Gasteiger partial charge in [0.1, 0.15) is 10.5 Å². The second-order valence-corrected chi connectivity index (χ2v) is 4.96. The molecule has 2 aliphatic rings. The van der Waals surface area contributed by atoms with Crippen LogP contribution >= 0.6 is 0 Å². The van der Waals surface area contributed by atoms with Gasteiger partial charge < -0.3 is 9.16 Å². The van der Waals surface area contributed by atoms with E-state index in [2.05, 4.69) is 0 Å². The lowest BCUT2D eigenvalue weighted by Crippen LogP contribution is -2.13. The van der Waals surface area contributed by atoms with Crippen molar-refractivity contribution in [3.63, 3.8) is 0 Å². The minimum Gasteiger partial charge on any atom is -0.428 e. The summed E-state index contributed by atoms with van der Waals surface area (Å²) in [6.45, 7) is 0.988. The van der Waals surface area contributed by atoms with Crippen molar-refractivity contribution in [2.75, 3.05) is 6.61 Å². The molecule has 1 saturated carbocycles.